The van der Waals surface area contributed by atoms with Gasteiger partial charge in [0.1, 0.15) is 0 Å². The van der Waals surface area contributed by atoms with Crippen molar-refractivity contribution in [2.24, 2.45) is 0 Å². The standard InChI is InChI=1S/C58H57BN2/c1-35-28-51-54-52(29-35)61(49-23-17-22-42-53(49)40-20-15-16-21-41(40)58(42,10)11)48-26-24-38(37-18-13-12-14-19-37)31-45(48)59(54)46-32-43-44(57(8,9)34-56(43,6)7)33-50(46)60(51)47-27-25-39(30-36(47)2)55(3,4)5/h12-33H,34H2,1-11H3. The number of benzene rings is 7. The lowest BCUT2D eigenvalue weighted by Gasteiger charge is -2.45. The number of fused-ring (bicyclic) bond motifs is 8. The van der Waals surface area contributed by atoms with E-state index in [1.165, 1.54) is 112 Å². The average molecular weight is 793 g/mol. The smallest absolute Gasteiger partial charge is 0.252 e. The summed E-state index contributed by atoms with van der Waals surface area (Å²) >= 11 is 0. The van der Waals surface area contributed by atoms with Crippen LogP contribution in [0.1, 0.15) is 108 Å². The summed E-state index contributed by atoms with van der Waals surface area (Å²) in [6, 6.07) is 51.8. The maximum atomic E-state index is 2.65. The van der Waals surface area contributed by atoms with E-state index >= 15 is 0 Å². The first-order valence-corrected chi connectivity index (χ1v) is 22.4. The van der Waals surface area contributed by atoms with Gasteiger partial charge in [-0.15, -0.1) is 0 Å². The van der Waals surface area contributed by atoms with Gasteiger partial charge in [-0.2, -0.15) is 0 Å². The van der Waals surface area contributed by atoms with E-state index in [2.05, 4.69) is 219 Å². The minimum Gasteiger partial charge on any atom is -0.311 e. The molecule has 0 amide bonds. The summed E-state index contributed by atoms with van der Waals surface area (Å²) < 4.78 is 0. The Balaban J connectivity index is 1.27. The Morgan fingerprint density at radius 1 is 0.492 bits per heavy atom. The molecule has 0 unspecified atom stereocenters. The number of hydrogen-bond acceptors (Lipinski definition) is 2. The lowest BCUT2D eigenvalue weighted by atomic mass is 9.33. The van der Waals surface area contributed by atoms with Crippen molar-refractivity contribution in [3.63, 3.8) is 0 Å². The summed E-state index contributed by atoms with van der Waals surface area (Å²) in [7, 11) is 0. The molecule has 0 fully saturated rings. The zero-order valence-corrected chi connectivity index (χ0v) is 37.9. The molecule has 2 aliphatic carbocycles. The molecule has 2 nitrogen and oxygen atoms in total. The van der Waals surface area contributed by atoms with Crippen LogP contribution in [-0.2, 0) is 21.7 Å². The monoisotopic (exact) mass is 792 g/mol. The minimum atomic E-state index is -0.111. The van der Waals surface area contributed by atoms with Crippen molar-refractivity contribution in [3.8, 4) is 22.3 Å². The molecule has 0 N–H and O–H groups in total. The van der Waals surface area contributed by atoms with Crippen molar-refractivity contribution in [2.45, 2.75) is 104 Å². The van der Waals surface area contributed by atoms with E-state index in [0.717, 1.165) is 6.42 Å². The predicted octanol–water partition coefficient (Wildman–Crippen LogP) is 13.6. The van der Waals surface area contributed by atoms with Crippen molar-refractivity contribution in [1.29, 1.82) is 0 Å². The zero-order valence-electron chi connectivity index (χ0n) is 37.9. The highest BCUT2D eigenvalue weighted by Crippen LogP contribution is 2.56. The molecule has 0 saturated heterocycles. The van der Waals surface area contributed by atoms with E-state index in [9.17, 15) is 0 Å². The van der Waals surface area contributed by atoms with Crippen LogP contribution in [0.25, 0.3) is 22.3 Å². The summed E-state index contributed by atoms with van der Waals surface area (Å²) in [4.78, 5) is 5.29. The molecule has 7 aromatic carbocycles. The van der Waals surface area contributed by atoms with E-state index in [1.54, 1.807) is 0 Å². The van der Waals surface area contributed by atoms with Gasteiger partial charge < -0.3 is 9.80 Å². The highest BCUT2D eigenvalue weighted by atomic mass is 15.2. The molecular weight excluding hydrogens is 735 g/mol. The molecule has 3 heteroatoms. The molecule has 0 saturated carbocycles. The van der Waals surface area contributed by atoms with Crippen LogP contribution in [0.15, 0.2) is 133 Å². The fourth-order valence-corrected chi connectivity index (χ4v) is 12.2. The summed E-state index contributed by atoms with van der Waals surface area (Å²) in [5.41, 5.74) is 26.7. The topological polar surface area (TPSA) is 6.48 Å². The lowest BCUT2D eigenvalue weighted by molar-refractivity contribution is 0.403. The maximum Gasteiger partial charge on any atom is 0.252 e. The third-order valence-corrected chi connectivity index (χ3v) is 14.9. The normalized spacial score (nSPS) is 17.0. The molecule has 0 aromatic heterocycles. The lowest BCUT2D eigenvalue weighted by Crippen LogP contribution is -2.61. The SMILES string of the molecule is Cc1cc2c3c(c1)N(c1cccc4c1-c1ccccc1C4(C)C)c1ccc(-c4ccccc4)cc1B3c1cc3c(cc1N2c1ccc(C(C)(C)C)cc1C)C(C)(C)CC3(C)C. The Bertz CT molecular complexity index is 3000. The molecule has 7 aromatic rings. The van der Waals surface area contributed by atoms with Gasteiger partial charge in [0.2, 0.25) is 0 Å². The number of aryl methyl sites for hydroxylation is 2. The first-order chi connectivity index (χ1) is 29.0. The Labute approximate surface area is 364 Å². The average Bonchev–Trinajstić information content (AvgIpc) is 3.57. The second-order valence-electron chi connectivity index (χ2n) is 21.5. The van der Waals surface area contributed by atoms with Crippen LogP contribution in [0.4, 0.5) is 34.1 Å². The molecule has 2 aliphatic heterocycles. The van der Waals surface area contributed by atoms with Crippen LogP contribution in [0.2, 0.25) is 0 Å². The third kappa shape index (κ3) is 5.41. The van der Waals surface area contributed by atoms with Crippen molar-refractivity contribution in [2.75, 3.05) is 9.80 Å². The first kappa shape index (κ1) is 38.2. The van der Waals surface area contributed by atoms with Gasteiger partial charge in [-0.25, -0.2) is 0 Å². The fraction of sp³-hybridized carbons (Fsp3) is 0.276. The van der Waals surface area contributed by atoms with E-state index in [0.29, 0.717) is 0 Å². The van der Waals surface area contributed by atoms with Gasteiger partial charge in [-0.05, 0) is 145 Å². The third-order valence-electron chi connectivity index (χ3n) is 14.9. The summed E-state index contributed by atoms with van der Waals surface area (Å²) in [5.74, 6) is 0. The van der Waals surface area contributed by atoms with Gasteiger partial charge in [0.05, 0.1) is 5.69 Å². The second-order valence-corrected chi connectivity index (χ2v) is 21.5. The largest absolute Gasteiger partial charge is 0.311 e. The van der Waals surface area contributed by atoms with Crippen LogP contribution >= 0.6 is 0 Å². The maximum absolute atomic E-state index is 2.65. The van der Waals surface area contributed by atoms with Gasteiger partial charge in [0, 0.05) is 39.4 Å². The highest BCUT2D eigenvalue weighted by Gasteiger charge is 2.49. The Morgan fingerprint density at radius 3 is 1.82 bits per heavy atom. The van der Waals surface area contributed by atoms with Crippen molar-refractivity contribution in [1.82, 2.24) is 0 Å². The molecule has 0 atom stereocenters. The molecule has 2 heterocycles. The second kappa shape index (κ2) is 12.6. The Hall–Kier alpha value is -5.80. The fourth-order valence-electron chi connectivity index (χ4n) is 12.2. The summed E-state index contributed by atoms with van der Waals surface area (Å²) in [5, 5.41) is 0. The molecule has 61 heavy (non-hydrogen) atoms. The molecule has 11 rings (SSSR count). The molecular formula is C58H57BN2. The van der Waals surface area contributed by atoms with Crippen LogP contribution < -0.4 is 26.2 Å². The minimum absolute atomic E-state index is 0.0335. The summed E-state index contributed by atoms with van der Waals surface area (Å²) in [6.45, 7) is 26.2. The van der Waals surface area contributed by atoms with Gasteiger partial charge >= 0.3 is 0 Å². The van der Waals surface area contributed by atoms with Gasteiger partial charge in [0.25, 0.3) is 6.71 Å². The van der Waals surface area contributed by atoms with Crippen molar-refractivity contribution >= 4 is 57.2 Å². The van der Waals surface area contributed by atoms with Crippen LogP contribution in [0.3, 0.4) is 0 Å². The Kier molecular flexibility index (Phi) is 7.90. The summed E-state index contributed by atoms with van der Waals surface area (Å²) in [6.07, 6.45) is 1.12. The number of hydrogen-bond donors (Lipinski definition) is 0. The quantitative estimate of drug-likeness (QED) is 0.164. The van der Waals surface area contributed by atoms with Gasteiger partial charge in [0.15, 0.2) is 0 Å². The first-order valence-electron chi connectivity index (χ1n) is 22.4. The van der Waals surface area contributed by atoms with Crippen LogP contribution in [-0.4, -0.2) is 6.71 Å². The van der Waals surface area contributed by atoms with E-state index in [1.807, 2.05) is 0 Å². The number of anilines is 6. The Morgan fingerprint density at radius 2 is 1.11 bits per heavy atom. The molecule has 0 radical (unpaired) electrons. The highest BCUT2D eigenvalue weighted by molar-refractivity contribution is 7.00. The predicted molar refractivity (Wildman–Crippen MR) is 262 cm³/mol. The van der Waals surface area contributed by atoms with Crippen molar-refractivity contribution in [3.05, 3.63) is 172 Å². The van der Waals surface area contributed by atoms with Crippen molar-refractivity contribution < 1.29 is 0 Å². The zero-order chi connectivity index (χ0) is 42.5. The molecule has 302 valence electrons. The van der Waals surface area contributed by atoms with Gasteiger partial charge in [-0.1, -0.05) is 159 Å². The van der Waals surface area contributed by atoms with E-state index < -0.39 is 0 Å². The van der Waals surface area contributed by atoms with Gasteiger partial charge in [-0.3, -0.25) is 0 Å². The number of rotatable bonds is 3. The van der Waals surface area contributed by atoms with E-state index in [-0.39, 0.29) is 28.4 Å². The molecule has 0 spiro atoms. The van der Waals surface area contributed by atoms with Crippen LogP contribution in [0, 0.1) is 13.8 Å². The molecule has 0 bridgehead atoms. The molecule has 4 aliphatic rings. The number of nitrogens with zero attached hydrogens (tertiary/aromatic N) is 2. The van der Waals surface area contributed by atoms with E-state index in [4.69, 9.17) is 0 Å². The van der Waals surface area contributed by atoms with Crippen LogP contribution in [0.5, 0.6) is 0 Å².